The van der Waals surface area contributed by atoms with Gasteiger partial charge in [0.25, 0.3) is 5.91 Å². The van der Waals surface area contributed by atoms with Crippen LogP contribution in [0, 0.1) is 0 Å². The number of hydrogen-bond donors (Lipinski definition) is 1. The molecule has 1 aromatic heterocycles. The monoisotopic (exact) mass is 373 g/mol. The van der Waals surface area contributed by atoms with Crippen molar-refractivity contribution in [2.45, 2.75) is 26.3 Å². The van der Waals surface area contributed by atoms with Crippen LogP contribution in [0.4, 0.5) is 5.82 Å². The number of aryl methyl sites for hydroxylation is 1. The lowest BCUT2D eigenvalue weighted by Crippen LogP contribution is -2.26. The zero-order valence-electron chi connectivity index (χ0n) is 16.3. The van der Waals surface area contributed by atoms with Crippen LogP contribution in [0.15, 0.2) is 79.0 Å². The fourth-order valence-electron chi connectivity index (χ4n) is 3.11. The summed E-state index contributed by atoms with van der Waals surface area (Å²) >= 11 is 0. The third kappa shape index (κ3) is 5.68. The highest BCUT2D eigenvalue weighted by molar-refractivity contribution is 5.94. The van der Waals surface area contributed by atoms with Crippen LogP contribution in [0.1, 0.15) is 34.8 Å². The predicted octanol–water partition coefficient (Wildman–Crippen LogP) is 4.47. The first-order chi connectivity index (χ1) is 13.8. The highest BCUT2D eigenvalue weighted by Crippen LogP contribution is 2.15. The Morgan fingerprint density at radius 3 is 2.21 bits per heavy atom. The molecule has 0 radical (unpaired) electrons. The maximum Gasteiger partial charge on any atom is 0.252 e. The SMILES string of the molecule is CCN(Cc1ccccc1)c1ccc(C(=O)NCCCc2ccccc2)cn1. The van der Waals surface area contributed by atoms with Gasteiger partial charge in [-0.25, -0.2) is 4.98 Å². The maximum absolute atomic E-state index is 12.3. The average molecular weight is 374 g/mol. The summed E-state index contributed by atoms with van der Waals surface area (Å²) in [5.41, 5.74) is 3.13. The van der Waals surface area contributed by atoms with E-state index >= 15 is 0 Å². The van der Waals surface area contributed by atoms with Gasteiger partial charge < -0.3 is 10.2 Å². The number of amides is 1. The minimum Gasteiger partial charge on any atom is -0.353 e. The number of benzene rings is 2. The lowest BCUT2D eigenvalue weighted by atomic mass is 10.1. The van der Waals surface area contributed by atoms with Crippen molar-refractivity contribution in [1.29, 1.82) is 0 Å². The molecule has 1 N–H and O–H groups in total. The van der Waals surface area contributed by atoms with Gasteiger partial charge in [0.1, 0.15) is 5.82 Å². The first kappa shape index (κ1) is 19.6. The van der Waals surface area contributed by atoms with Gasteiger partial charge in [0.05, 0.1) is 5.56 Å². The molecule has 4 nitrogen and oxygen atoms in total. The molecule has 0 spiro atoms. The largest absolute Gasteiger partial charge is 0.353 e. The van der Waals surface area contributed by atoms with Crippen molar-refractivity contribution in [2.24, 2.45) is 0 Å². The van der Waals surface area contributed by atoms with Gasteiger partial charge in [0, 0.05) is 25.8 Å². The van der Waals surface area contributed by atoms with E-state index in [0.717, 1.165) is 31.7 Å². The Kier molecular flexibility index (Phi) is 7.19. The molecule has 144 valence electrons. The van der Waals surface area contributed by atoms with Crippen LogP contribution < -0.4 is 10.2 Å². The van der Waals surface area contributed by atoms with Crippen LogP contribution >= 0.6 is 0 Å². The zero-order valence-corrected chi connectivity index (χ0v) is 16.3. The first-order valence-corrected chi connectivity index (χ1v) is 9.83. The van der Waals surface area contributed by atoms with Gasteiger partial charge in [-0.05, 0) is 43.0 Å². The van der Waals surface area contributed by atoms with E-state index in [9.17, 15) is 4.79 Å². The molecule has 28 heavy (non-hydrogen) atoms. The van der Waals surface area contributed by atoms with Gasteiger partial charge >= 0.3 is 0 Å². The molecule has 1 amide bonds. The van der Waals surface area contributed by atoms with Crippen molar-refractivity contribution in [3.63, 3.8) is 0 Å². The van der Waals surface area contributed by atoms with Gasteiger partial charge in [-0.1, -0.05) is 60.7 Å². The lowest BCUT2D eigenvalue weighted by Gasteiger charge is -2.22. The minimum atomic E-state index is -0.0711. The Labute approximate surface area is 167 Å². The second-order valence-corrected chi connectivity index (χ2v) is 6.75. The number of nitrogens with one attached hydrogen (secondary N) is 1. The smallest absolute Gasteiger partial charge is 0.252 e. The predicted molar refractivity (Wildman–Crippen MR) is 114 cm³/mol. The number of nitrogens with zero attached hydrogens (tertiary/aromatic N) is 2. The molecule has 2 aromatic carbocycles. The van der Waals surface area contributed by atoms with E-state index in [2.05, 4.69) is 46.4 Å². The standard InChI is InChI=1S/C24H27N3O/c1-2-27(19-21-12-7-4-8-13-21)23-16-15-22(18-26-23)24(28)25-17-9-14-20-10-5-3-6-11-20/h3-8,10-13,15-16,18H,2,9,14,17,19H2,1H3,(H,25,28). The zero-order chi connectivity index (χ0) is 19.6. The van der Waals surface area contributed by atoms with Crippen LogP contribution in [0.2, 0.25) is 0 Å². The second-order valence-electron chi connectivity index (χ2n) is 6.75. The Morgan fingerprint density at radius 1 is 0.929 bits per heavy atom. The Morgan fingerprint density at radius 2 is 1.61 bits per heavy atom. The number of rotatable bonds is 9. The number of aromatic nitrogens is 1. The van der Waals surface area contributed by atoms with E-state index in [1.165, 1.54) is 11.1 Å². The molecular formula is C24H27N3O. The molecule has 0 bridgehead atoms. The fourth-order valence-corrected chi connectivity index (χ4v) is 3.11. The third-order valence-electron chi connectivity index (χ3n) is 4.70. The molecule has 0 saturated carbocycles. The molecule has 1 heterocycles. The van der Waals surface area contributed by atoms with Crippen LogP contribution in [0.5, 0.6) is 0 Å². The van der Waals surface area contributed by atoms with E-state index in [-0.39, 0.29) is 5.91 Å². The molecule has 0 fully saturated rings. The summed E-state index contributed by atoms with van der Waals surface area (Å²) in [6, 6.07) is 24.4. The fraction of sp³-hybridized carbons (Fsp3) is 0.250. The molecule has 3 rings (SSSR count). The highest BCUT2D eigenvalue weighted by atomic mass is 16.1. The molecule has 0 saturated heterocycles. The molecule has 0 unspecified atom stereocenters. The van der Waals surface area contributed by atoms with E-state index in [0.29, 0.717) is 12.1 Å². The van der Waals surface area contributed by atoms with E-state index < -0.39 is 0 Å². The number of carbonyl (C=O) groups excluding carboxylic acids is 1. The number of pyridine rings is 1. The quantitative estimate of drug-likeness (QED) is 0.563. The summed E-state index contributed by atoms with van der Waals surface area (Å²) < 4.78 is 0. The summed E-state index contributed by atoms with van der Waals surface area (Å²) in [5, 5.41) is 2.98. The van der Waals surface area contributed by atoms with Gasteiger partial charge in [0.2, 0.25) is 0 Å². The normalized spacial score (nSPS) is 10.5. The molecule has 3 aromatic rings. The van der Waals surface area contributed by atoms with Gasteiger partial charge in [-0.3, -0.25) is 4.79 Å². The molecule has 0 aliphatic heterocycles. The molecule has 0 aliphatic carbocycles. The van der Waals surface area contributed by atoms with Crippen LogP contribution in [-0.2, 0) is 13.0 Å². The summed E-state index contributed by atoms with van der Waals surface area (Å²) in [4.78, 5) is 19.0. The van der Waals surface area contributed by atoms with Crippen molar-refractivity contribution >= 4 is 11.7 Å². The first-order valence-electron chi connectivity index (χ1n) is 9.83. The summed E-state index contributed by atoms with van der Waals surface area (Å²) in [6.45, 7) is 4.42. The second kappa shape index (κ2) is 10.3. The summed E-state index contributed by atoms with van der Waals surface area (Å²) in [6.07, 6.45) is 3.54. The van der Waals surface area contributed by atoms with Crippen molar-refractivity contribution in [3.05, 3.63) is 95.7 Å². The van der Waals surface area contributed by atoms with E-state index in [1.54, 1.807) is 6.20 Å². The topological polar surface area (TPSA) is 45.2 Å². The number of carbonyl (C=O) groups is 1. The van der Waals surface area contributed by atoms with Crippen molar-refractivity contribution in [2.75, 3.05) is 18.0 Å². The minimum absolute atomic E-state index is 0.0711. The van der Waals surface area contributed by atoms with Crippen molar-refractivity contribution in [3.8, 4) is 0 Å². The molecular weight excluding hydrogens is 346 g/mol. The maximum atomic E-state index is 12.3. The Bertz CT molecular complexity index is 848. The summed E-state index contributed by atoms with van der Waals surface area (Å²) in [5.74, 6) is 0.810. The molecule has 0 atom stereocenters. The van der Waals surface area contributed by atoms with Gasteiger partial charge in [0.15, 0.2) is 0 Å². The highest BCUT2D eigenvalue weighted by Gasteiger charge is 2.09. The van der Waals surface area contributed by atoms with Crippen molar-refractivity contribution < 1.29 is 4.79 Å². The van der Waals surface area contributed by atoms with Gasteiger partial charge in [-0.15, -0.1) is 0 Å². The van der Waals surface area contributed by atoms with Crippen LogP contribution in [-0.4, -0.2) is 24.0 Å². The Balaban J connectivity index is 1.50. The lowest BCUT2D eigenvalue weighted by molar-refractivity contribution is 0.0953. The van der Waals surface area contributed by atoms with Crippen LogP contribution in [0.25, 0.3) is 0 Å². The number of hydrogen-bond acceptors (Lipinski definition) is 3. The van der Waals surface area contributed by atoms with Crippen molar-refractivity contribution in [1.82, 2.24) is 10.3 Å². The Hall–Kier alpha value is -3.14. The van der Waals surface area contributed by atoms with E-state index in [4.69, 9.17) is 0 Å². The number of anilines is 1. The molecule has 4 heteroatoms. The van der Waals surface area contributed by atoms with Crippen LogP contribution in [0.3, 0.4) is 0 Å². The molecule has 0 aliphatic rings. The average Bonchev–Trinajstić information content (AvgIpc) is 2.76. The summed E-state index contributed by atoms with van der Waals surface area (Å²) in [7, 11) is 0. The van der Waals surface area contributed by atoms with E-state index in [1.807, 2.05) is 48.5 Å². The van der Waals surface area contributed by atoms with Gasteiger partial charge in [-0.2, -0.15) is 0 Å². The third-order valence-corrected chi connectivity index (χ3v) is 4.70.